The monoisotopic (exact) mass is 275 g/mol. The van der Waals surface area contributed by atoms with Crippen LogP contribution in [0.2, 0.25) is 10.0 Å². The number of rotatable bonds is 7. The SMILES string of the molecule is CCCC(COC)NCc1ccc(Cl)cc1Cl. The first-order valence-electron chi connectivity index (χ1n) is 5.83. The van der Waals surface area contributed by atoms with Gasteiger partial charge in [-0.2, -0.15) is 0 Å². The molecule has 2 nitrogen and oxygen atoms in total. The first-order valence-corrected chi connectivity index (χ1v) is 6.59. The third-order valence-corrected chi connectivity index (χ3v) is 3.19. The average molecular weight is 276 g/mol. The maximum absolute atomic E-state index is 6.11. The zero-order valence-electron chi connectivity index (χ0n) is 10.3. The molecule has 1 N–H and O–H groups in total. The van der Waals surface area contributed by atoms with Crippen molar-refractivity contribution in [3.63, 3.8) is 0 Å². The van der Waals surface area contributed by atoms with E-state index in [0.717, 1.165) is 31.6 Å². The summed E-state index contributed by atoms with van der Waals surface area (Å²) in [5, 5.41) is 4.82. The van der Waals surface area contributed by atoms with Gasteiger partial charge in [0.05, 0.1) is 6.61 Å². The van der Waals surface area contributed by atoms with Crippen molar-refractivity contribution in [2.45, 2.75) is 32.4 Å². The quantitative estimate of drug-likeness (QED) is 0.815. The van der Waals surface area contributed by atoms with Gasteiger partial charge in [-0.3, -0.25) is 0 Å². The zero-order chi connectivity index (χ0) is 12.7. The molecular formula is C13H19Cl2NO. The highest BCUT2D eigenvalue weighted by Gasteiger charge is 2.08. The number of benzene rings is 1. The Morgan fingerprint density at radius 1 is 1.35 bits per heavy atom. The van der Waals surface area contributed by atoms with Crippen molar-refractivity contribution < 1.29 is 4.74 Å². The molecule has 1 aromatic carbocycles. The second-order valence-corrected chi connectivity index (χ2v) is 4.90. The van der Waals surface area contributed by atoms with Crippen molar-refractivity contribution in [2.24, 2.45) is 0 Å². The van der Waals surface area contributed by atoms with E-state index in [1.165, 1.54) is 0 Å². The maximum Gasteiger partial charge on any atom is 0.0615 e. The molecule has 0 radical (unpaired) electrons. The second-order valence-electron chi connectivity index (χ2n) is 4.06. The fourth-order valence-electron chi connectivity index (χ4n) is 1.71. The summed E-state index contributed by atoms with van der Waals surface area (Å²) in [6, 6.07) is 5.95. The molecule has 0 spiro atoms. The normalized spacial score (nSPS) is 12.7. The fourth-order valence-corrected chi connectivity index (χ4v) is 2.19. The van der Waals surface area contributed by atoms with Gasteiger partial charge in [-0.15, -0.1) is 0 Å². The van der Waals surface area contributed by atoms with E-state index >= 15 is 0 Å². The molecule has 0 fully saturated rings. The molecule has 0 bridgehead atoms. The van der Waals surface area contributed by atoms with Crippen LogP contribution in [0.15, 0.2) is 18.2 Å². The Kier molecular flexibility index (Phi) is 6.90. The number of halogens is 2. The van der Waals surface area contributed by atoms with E-state index in [9.17, 15) is 0 Å². The zero-order valence-corrected chi connectivity index (χ0v) is 11.8. The predicted octanol–water partition coefficient (Wildman–Crippen LogP) is 3.90. The molecule has 17 heavy (non-hydrogen) atoms. The van der Waals surface area contributed by atoms with Crippen molar-refractivity contribution in [3.8, 4) is 0 Å². The number of methoxy groups -OCH3 is 1. The average Bonchev–Trinajstić information content (AvgIpc) is 2.28. The standard InChI is InChI=1S/C13H19Cl2NO/c1-3-4-12(9-17-2)16-8-10-5-6-11(14)7-13(10)15/h5-7,12,16H,3-4,8-9H2,1-2H3. The van der Waals surface area contributed by atoms with Gasteiger partial charge in [-0.05, 0) is 24.1 Å². The maximum atomic E-state index is 6.11. The molecule has 1 rings (SSSR count). The van der Waals surface area contributed by atoms with E-state index in [1.54, 1.807) is 13.2 Å². The Labute approximate surface area is 113 Å². The number of nitrogens with one attached hydrogen (secondary N) is 1. The highest BCUT2D eigenvalue weighted by Crippen LogP contribution is 2.20. The minimum atomic E-state index is 0.372. The molecule has 0 saturated heterocycles. The Balaban J connectivity index is 2.52. The molecule has 0 saturated carbocycles. The van der Waals surface area contributed by atoms with Crippen LogP contribution in [0.5, 0.6) is 0 Å². The number of hydrogen-bond donors (Lipinski definition) is 1. The Morgan fingerprint density at radius 3 is 2.71 bits per heavy atom. The van der Waals surface area contributed by atoms with E-state index in [1.807, 2.05) is 12.1 Å². The van der Waals surface area contributed by atoms with E-state index in [4.69, 9.17) is 27.9 Å². The van der Waals surface area contributed by atoms with Crippen molar-refractivity contribution in [1.29, 1.82) is 0 Å². The van der Waals surface area contributed by atoms with Gasteiger partial charge in [-0.1, -0.05) is 42.6 Å². The summed E-state index contributed by atoms with van der Waals surface area (Å²) >= 11 is 12.0. The minimum absolute atomic E-state index is 0.372. The largest absolute Gasteiger partial charge is 0.383 e. The molecule has 0 aliphatic rings. The lowest BCUT2D eigenvalue weighted by molar-refractivity contribution is 0.161. The van der Waals surface area contributed by atoms with Gasteiger partial charge in [0.15, 0.2) is 0 Å². The Morgan fingerprint density at radius 2 is 2.12 bits per heavy atom. The molecule has 96 valence electrons. The molecule has 0 aliphatic heterocycles. The van der Waals surface area contributed by atoms with Crippen LogP contribution in [0.1, 0.15) is 25.3 Å². The highest BCUT2D eigenvalue weighted by molar-refractivity contribution is 6.35. The van der Waals surface area contributed by atoms with E-state index in [-0.39, 0.29) is 0 Å². The third-order valence-electron chi connectivity index (χ3n) is 2.60. The summed E-state index contributed by atoms with van der Waals surface area (Å²) in [5.41, 5.74) is 1.06. The topological polar surface area (TPSA) is 21.3 Å². The van der Waals surface area contributed by atoms with Crippen molar-refractivity contribution in [1.82, 2.24) is 5.32 Å². The molecule has 0 aromatic heterocycles. The predicted molar refractivity (Wildman–Crippen MR) is 73.9 cm³/mol. The van der Waals surface area contributed by atoms with Gasteiger partial charge in [0.2, 0.25) is 0 Å². The number of ether oxygens (including phenoxy) is 1. The van der Waals surface area contributed by atoms with Crippen LogP contribution < -0.4 is 5.32 Å². The number of hydrogen-bond acceptors (Lipinski definition) is 2. The summed E-state index contributed by atoms with van der Waals surface area (Å²) in [6.07, 6.45) is 2.23. The molecular weight excluding hydrogens is 257 g/mol. The van der Waals surface area contributed by atoms with Crippen LogP contribution in [-0.4, -0.2) is 19.8 Å². The summed E-state index contributed by atoms with van der Waals surface area (Å²) in [6.45, 7) is 3.63. The lowest BCUT2D eigenvalue weighted by atomic mass is 10.1. The van der Waals surface area contributed by atoms with Crippen molar-refractivity contribution in [2.75, 3.05) is 13.7 Å². The van der Waals surface area contributed by atoms with Gasteiger partial charge in [-0.25, -0.2) is 0 Å². The van der Waals surface area contributed by atoms with Crippen LogP contribution in [-0.2, 0) is 11.3 Å². The molecule has 0 heterocycles. The van der Waals surface area contributed by atoms with Gasteiger partial charge in [0.25, 0.3) is 0 Å². The van der Waals surface area contributed by atoms with Gasteiger partial charge < -0.3 is 10.1 Å². The molecule has 1 atom stereocenters. The van der Waals surface area contributed by atoms with Crippen LogP contribution in [0.25, 0.3) is 0 Å². The molecule has 4 heteroatoms. The molecule has 1 aromatic rings. The second kappa shape index (κ2) is 7.93. The summed E-state index contributed by atoms with van der Waals surface area (Å²) in [4.78, 5) is 0. The van der Waals surface area contributed by atoms with Gasteiger partial charge >= 0.3 is 0 Å². The third kappa shape index (κ3) is 5.26. The molecule has 0 amide bonds. The first kappa shape index (κ1) is 14.8. The highest BCUT2D eigenvalue weighted by atomic mass is 35.5. The minimum Gasteiger partial charge on any atom is -0.383 e. The van der Waals surface area contributed by atoms with E-state index in [0.29, 0.717) is 16.1 Å². The van der Waals surface area contributed by atoms with Crippen LogP contribution in [0.4, 0.5) is 0 Å². The Hall–Kier alpha value is -0.280. The fraction of sp³-hybridized carbons (Fsp3) is 0.538. The molecule has 0 aliphatic carbocycles. The summed E-state index contributed by atoms with van der Waals surface area (Å²) in [7, 11) is 1.72. The van der Waals surface area contributed by atoms with E-state index in [2.05, 4.69) is 12.2 Å². The van der Waals surface area contributed by atoms with Crippen molar-refractivity contribution in [3.05, 3.63) is 33.8 Å². The van der Waals surface area contributed by atoms with Crippen LogP contribution >= 0.6 is 23.2 Å². The first-order chi connectivity index (χ1) is 8.17. The summed E-state index contributed by atoms with van der Waals surface area (Å²) < 4.78 is 5.18. The Bertz CT molecular complexity index is 338. The van der Waals surface area contributed by atoms with Gasteiger partial charge in [0, 0.05) is 29.7 Å². The smallest absolute Gasteiger partial charge is 0.0615 e. The molecule has 1 unspecified atom stereocenters. The summed E-state index contributed by atoms with van der Waals surface area (Å²) in [5.74, 6) is 0. The van der Waals surface area contributed by atoms with Crippen molar-refractivity contribution >= 4 is 23.2 Å². The van der Waals surface area contributed by atoms with E-state index < -0.39 is 0 Å². The lowest BCUT2D eigenvalue weighted by Crippen LogP contribution is -2.32. The lowest BCUT2D eigenvalue weighted by Gasteiger charge is -2.17. The van der Waals surface area contributed by atoms with Gasteiger partial charge in [0.1, 0.15) is 0 Å². The van der Waals surface area contributed by atoms with Crippen LogP contribution in [0.3, 0.4) is 0 Å². The van der Waals surface area contributed by atoms with Crippen LogP contribution in [0, 0.1) is 0 Å².